The van der Waals surface area contributed by atoms with E-state index in [4.69, 9.17) is 0 Å². The molecule has 0 radical (unpaired) electrons. The molecule has 22 N–H and O–H groups in total. The number of nitrogens with zero attached hydrogens (tertiary/aromatic N) is 1. The van der Waals surface area contributed by atoms with Crippen LogP contribution in [-0.2, 0) is 101 Å². The maximum absolute atomic E-state index is 15.4. The van der Waals surface area contributed by atoms with Gasteiger partial charge in [-0.2, -0.15) is 0 Å². The molecule has 15 atom stereocenters. The zero-order chi connectivity index (χ0) is 90.7. The molecule has 0 saturated carbocycles. The Morgan fingerprint density at radius 1 is 0.472 bits per heavy atom. The molecule has 5 aromatic rings. The largest absolute Gasteiger partial charge is 0.481 e. The van der Waals surface area contributed by atoms with E-state index in [1.54, 1.807) is 123 Å². The van der Waals surface area contributed by atoms with Gasteiger partial charge in [0.25, 0.3) is 0 Å². The molecule has 3 aromatic heterocycles. The number of hydrogen-bond donors (Lipinski definition) is 22. The third-order valence-electron chi connectivity index (χ3n) is 19.4. The van der Waals surface area contributed by atoms with E-state index < -0.39 is 246 Å². The molecule has 44 heteroatoms. The molecule has 2 fully saturated rings. The third kappa shape index (κ3) is 31.4. The number of rotatable bonds is 19. The van der Waals surface area contributed by atoms with Gasteiger partial charge in [-0.15, -0.1) is 0 Å². The number of amides is 14. The van der Waals surface area contributed by atoms with Crippen LogP contribution in [0.2, 0.25) is 0 Å². The number of aliphatic carboxylic acids is 3. The van der Waals surface area contributed by atoms with Gasteiger partial charge in [-0.1, -0.05) is 121 Å². The lowest BCUT2D eigenvalue weighted by atomic mass is 9.98. The number of para-hydroxylation sites is 2. The van der Waals surface area contributed by atoms with Crippen molar-refractivity contribution < 1.29 is 102 Å². The normalized spacial score (nSPS) is 25.5. The predicted octanol–water partition coefficient (Wildman–Crippen LogP) is -1.06. The number of H-pyrrole nitrogens is 3. The molecular weight excluding hydrogens is 1680 g/mol. The fourth-order valence-electron chi connectivity index (χ4n) is 13.1. The maximum atomic E-state index is 15.4. The topological polar surface area (TPSA) is 612 Å². The van der Waals surface area contributed by atoms with E-state index in [2.05, 4.69) is 99.7 Å². The van der Waals surface area contributed by atoms with Crippen LogP contribution in [0.3, 0.4) is 0 Å². The fraction of sp³-hybridized carbons (Fsp3) is 0.544. The summed E-state index contributed by atoms with van der Waals surface area (Å²) >= 11 is 0. The number of imidazole rings is 1. The molecule has 672 valence electrons. The molecule has 0 aliphatic carbocycles. The Balaban J connectivity index is 1.37. The van der Waals surface area contributed by atoms with Crippen molar-refractivity contribution >= 4 is 166 Å². The Labute approximate surface area is 724 Å². The number of aliphatic hydroxyl groups excluding tert-OH is 1. The predicted molar refractivity (Wildman–Crippen MR) is 459 cm³/mol. The van der Waals surface area contributed by atoms with Crippen molar-refractivity contribution in [3.05, 3.63) is 90.3 Å². The van der Waals surface area contributed by atoms with Gasteiger partial charge < -0.3 is 115 Å². The molecule has 2 aromatic carbocycles. The van der Waals surface area contributed by atoms with Gasteiger partial charge in [-0.25, -0.2) is 9.78 Å². The Kier molecular flexibility index (Phi) is 37.9. The number of benzene rings is 2. The number of fused-ring (bicyclic) bond motifs is 7. The van der Waals surface area contributed by atoms with Crippen molar-refractivity contribution in [3.63, 3.8) is 0 Å². The minimum absolute atomic E-state index is 0.0715. The van der Waals surface area contributed by atoms with Crippen LogP contribution < -0.4 is 79.8 Å². The molecular formula is C79H111N19O21S4. The Hall–Kier alpha value is -11.0. The highest BCUT2D eigenvalue weighted by molar-refractivity contribution is 8.77. The first-order chi connectivity index (χ1) is 58.0. The number of carbonyl (C=O) groups is 17. The van der Waals surface area contributed by atoms with Crippen molar-refractivity contribution in [1.29, 1.82) is 0 Å². The first kappa shape index (κ1) is 99.1. The van der Waals surface area contributed by atoms with Gasteiger partial charge in [0, 0.05) is 94.6 Å². The quantitative estimate of drug-likeness (QED) is 0.0438. The lowest BCUT2D eigenvalue weighted by molar-refractivity contribution is -0.142. The zero-order valence-electron chi connectivity index (χ0n) is 69.8. The van der Waals surface area contributed by atoms with E-state index in [9.17, 15) is 78.0 Å². The molecule has 0 spiro atoms. The first-order valence-corrected chi connectivity index (χ1v) is 44.9. The van der Waals surface area contributed by atoms with E-state index in [0.717, 1.165) is 50.1 Å². The summed E-state index contributed by atoms with van der Waals surface area (Å²) in [7, 11) is 3.27. The average molecular weight is 1790 g/mol. The summed E-state index contributed by atoms with van der Waals surface area (Å²) in [5.74, 6) is -22.6. The minimum atomic E-state index is -1.96. The zero-order valence-corrected chi connectivity index (χ0v) is 73.1. The number of aromatic amines is 3. The Morgan fingerprint density at radius 2 is 0.927 bits per heavy atom. The number of aromatic nitrogens is 4. The van der Waals surface area contributed by atoms with Gasteiger partial charge in [0.2, 0.25) is 82.7 Å². The monoisotopic (exact) mass is 1790 g/mol. The first-order valence-electron chi connectivity index (χ1n) is 39.9. The summed E-state index contributed by atoms with van der Waals surface area (Å²) in [6.45, 7) is 16.5. The van der Waals surface area contributed by atoms with E-state index in [-0.39, 0.29) is 55.4 Å². The van der Waals surface area contributed by atoms with Gasteiger partial charge >= 0.3 is 17.9 Å². The van der Waals surface area contributed by atoms with Gasteiger partial charge in [-0.05, 0) is 94.9 Å². The van der Waals surface area contributed by atoms with Crippen molar-refractivity contribution in [2.75, 3.05) is 29.6 Å². The highest BCUT2D eigenvalue weighted by Crippen LogP contribution is 2.28. The van der Waals surface area contributed by atoms with Crippen LogP contribution in [0.1, 0.15) is 125 Å². The molecule has 7 rings (SSSR count). The standard InChI is InChI=1S/C79H111N19O21S4/c1-37(2)22-50-66(106)83-31-60(100)86-49(20-21-61(101)102)67(107)89-51(23-38(3)4)72(112)96-63(39(5)6)76(116)92-53(25-43-29-82-48-19-15-13-17-46(43)48)69(109)94-57-33-121-120-32-56(73(113)85-40(7)65(105)87-52(24-42-28-81-47-18-14-12-16-45(42)47)68(108)90-54(70(110)88-50)26-44-30-80-36-84-44)93-71(111)55(27-62(103)104)91-75(115)58(98-79(9,10)11)34-122-123-35-59(78(118)119)95-77(117)64(41(8)99)97-74(57)114/h12-19,28-30,36-41,49-59,63-64,81-82,98-99H,20-27,31-35H2,1-11H3,(H,80,84)(H,83,106)(H,85,113)(H,86,100)(H,87,105)(H,88,110)(H,89,107)(H,90,108)(H,91,115)(H,92,116)(H,93,111)(H,94,109)(H,95,117)(H,96,112)(H,97,114)(H,101,102)(H,103,104)(H,118,119)/t40-,41+,49-,50-,51-,52-,53-,54-,55-,56-,57-,58-,59-,63-,64?/m0/s1. The van der Waals surface area contributed by atoms with Gasteiger partial charge in [0.1, 0.15) is 78.5 Å². The van der Waals surface area contributed by atoms with Crippen molar-refractivity contribution in [1.82, 2.24) is 99.7 Å². The van der Waals surface area contributed by atoms with E-state index >= 15 is 24.0 Å². The molecule has 1 unspecified atom stereocenters. The molecule has 2 aliphatic heterocycles. The van der Waals surface area contributed by atoms with E-state index in [1.807, 2.05) is 0 Å². The smallest absolute Gasteiger partial charge is 0.327 e. The highest BCUT2D eigenvalue weighted by atomic mass is 33.1. The van der Waals surface area contributed by atoms with Crippen molar-refractivity contribution in [2.24, 2.45) is 17.8 Å². The number of hydrogen-bond acceptors (Lipinski definition) is 24. The number of carboxylic acids is 3. The van der Waals surface area contributed by atoms with Gasteiger partial charge in [0.05, 0.1) is 37.1 Å². The summed E-state index contributed by atoms with van der Waals surface area (Å²) in [5.41, 5.74) is 1.50. The second-order valence-electron chi connectivity index (χ2n) is 32.2. The van der Waals surface area contributed by atoms with Crippen LogP contribution in [-0.4, -0.2) is 267 Å². The maximum Gasteiger partial charge on any atom is 0.327 e. The minimum Gasteiger partial charge on any atom is -0.481 e. The van der Waals surface area contributed by atoms with Crippen LogP contribution in [0.15, 0.2) is 73.4 Å². The van der Waals surface area contributed by atoms with Crippen molar-refractivity contribution in [2.45, 2.75) is 224 Å². The van der Waals surface area contributed by atoms with Crippen LogP contribution in [0, 0.1) is 17.8 Å². The molecule has 5 heterocycles. The van der Waals surface area contributed by atoms with Crippen LogP contribution >= 0.6 is 43.2 Å². The molecule has 14 amide bonds. The number of nitrogens with one attached hydrogen (secondary N) is 18. The van der Waals surface area contributed by atoms with Gasteiger partial charge in [-0.3, -0.25) is 76.7 Å². The molecule has 2 aliphatic rings. The lowest BCUT2D eigenvalue weighted by Crippen LogP contribution is -2.62. The molecule has 123 heavy (non-hydrogen) atoms. The SMILES string of the molecule is CC(C)C[C@@H]1NC(=O)[C@H](Cc2c[nH]cn2)NC(=O)[C@H](Cc2c[nH]c3ccccc23)NC(=O)[C@H](C)NC(=O)[C@@H]2CSSC[C@H](NC(=O)[C@H](Cc3c[nH]c4ccccc34)NC(=O)[C@H](C(C)C)NC(=O)[C@H](CC(C)C)NC(=O)[C@H](CCC(=O)O)NC(=O)CNC1=O)C(=O)NC([C@@H](C)O)C(=O)N[C@H](C(=O)O)CSSC[C@H](NC(C)(C)C)C(=O)N[C@@H](CC(=O)O)C(=O)N2. The third-order valence-corrected chi connectivity index (χ3v) is 24.3. The highest BCUT2D eigenvalue weighted by Gasteiger charge is 2.41. The van der Waals surface area contributed by atoms with Crippen LogP contribution in [0.4, 0.5) is 0 Å². The van der Waals surface area contributed by atoms with Crippen LogP contribution in [0.5, 0.6) is 0 Å². The summed E-state index contributed by atoms with van der Waals surface area (Å²) < 4.78 is 0. The Bertz CT molecular complexity index is 4600. The number of carboxylic acid groups (broad SMARTS) is 3. The van der Waals surface area contributed by atoms with Crippen LogP contribution in [0.25, 0.3) is 21.8 Å². The second kappa shape index (κ2) is 47.1. The average Bonchev–Trinajstić information content (AvgIpc) is 1.70. The summed E-state index contributed by atoms with van der Waals surface area (Å²) in [5, 5.41) is 81.8. The molecule has 2 saturated heterocycles. The second-order valence-corrected chi connectivity index (χ2v) is 37.3. The summed E-state index contributed by atoms with van der Waals surface area (Å²) in [6.07, 6.45) is 0.571. The molecule has 40 nitrogen and oxygen atoms in total. The fourth-order valence-corrected chi connectivity index (χ4v) is 17.8. The Morgan fingerprint density at radius 3 is 1.44 bits per heavy atom. The summed E-state index contributed by atoms with van der Waals surface area (Å²) in [4.78, 5) is 258. The summed E-state index contributed by atoms with van der Waals surface area (Å²) in [6, 6.07) is -9.53. The van der Waals surface area contributed by atoms with E-state index in [1.165, 1.54) is 19.4 Å². The lowest BCUT2D eigenvalue weighted by Gasteiger charge is -2.30. The van der Waals surface area contributed by atoms with Gasteiger partial charge in [0.15, 0.2) is 0 Å². The van der Waals surface area contributed by atoms with Crippen molar-refractivity contribution in [3.8, 4) is 0 Å². The number of carbonyl (C=O) groups excluding carboxylic acids is 14. The van der Waals surface area contributed by atoms with E-state index in [0.29, 0.717) is 32.9 Å². The number of aliphatic hydroxyl groups is 1. The molecule has 2 bridgehead atoms.